The number of nitrogens with one attached hydrogen (secondary N) is 2. The molecule has 2 amide bonds. The Morgan fingerprint density at radius 3 is 2.50 bits per heavy atom. The van der Waals surface area contributed by atoms with E-state index in [0.29, 0.717) is 16.3 Å². The summed E-state index contributed by atoms with van der Waals surface area (Å²) in [5, 5.41) is 5.22. The van der Waals surface area contributed by atoms with Crippen molar-refractivity contribution in [3.05, 3.63) is 101 Å². The normalized spacial score (nSPS) is 16.6. The zero-order valence-corrected chi connectivity index (χ0v) is 21.9. The standard InChI is InChI=1S/C28H24ClN3O5S/c1-17-2-10-22(11-3-17)38(35,36)32-28(34)37-16-18-4-6-19(7-5-18)23-13-25(23)27(33)31-21-9-8-20-14-30-15-26(29)24(20)12-21/h2-12,14-15,23,25H,13,16H2,1H3,(H,31,33)(H,32,34)/t23-,25+/m0/s1. The van der Waals surface area contributed by atoms with E-state index in [9.17, 15) is 18.0 Å². The second-order valence-electron chi connectivity index (χ2n) is 9.23. The van der Waals surface area contributed by atoms with Gasteiger partial charge in [0, 0.05) is 34.8 Å². The number of benzene rings is 3. The van der Waals surface area contributed by atoms with Crippen LogP contribution in [0.4, 0.5) is 10.5 Å². The zero-order valence-electron chi connectivity index (χ0n) is 20.3. The SMILES string of the molecule is Cc1ccc(S(=O)(=O)NC(=O)OCc2ccc([C@@H]3C[C@H]3C(=O)Nc3ccc4cncc(Cl)c4c3)cc2)cc1. The third-order valence-corrected chi connectivity index (χ3v) is 8.06. The molecule has 0 saturated heterocycles. The van der Waals surface area contributed by atoms with Gasteiger partial charge in [0.1, 0.15) is 6.61 Å². The minimum atomic E-state index is -4.01. The van der Waals surface area contributed by atoms with Gasteiger partial charge in [-0.15, -0.1) is 0 Å². The number of pyridine rings is 1. The number of aromatic nitrogens is 1. The molecule has 0 radical (unpaired) electrons. The Morgan fingerprint density at radius 1 is 1.03 bits per heavy atom. The second kappa shape index (κ2) is 10.4. The molecule has 5 rings (SSSR count). The van der Waals surface area contributed by atoms with E-state index in [0.717, 1.165) is 28.3 Å². The molecule has 2 N–H and O–H groups in total. The lowest BCUT2D eigenvalue weighted by Gasteiger charge is -2.09. The Morgan fingerprint density at radius 2 is 1.76 bits per heavy atom. The predicted molar refractivity (Wildman–Crippen MR) is 144 cm³/mol. The smallest absolute Gasteiger partial charge is 0.421 e. The number of amides is 2. The Bertz CT molecular complexity index is 1620. The van der Waals surface area contributed by atoms with Crippen molar-refractivity contribution in [3.8, 4) is 0 Å². The highest BCUT2D eigenvalue weighted by molar-refractivity contribution is 7.90. The fourth-order valence-electron chi connectivity index (χ4n) is 4.22. The average Bonchev–Trinajstić information content (AvgIpc) is 3.70. The number of carbonyl (C=O) groups excluding carboxylic acids is 2. The van der Waals surface area contributed by atoms with E-state index < -0.39 is 16.1 Å². The number of carbonyl (C=O) groups is 2. The maximum absolute atomic E-state index is 12.8. The Kier molecular flexibility index (Phi) is 7.05. The summed E-state index contributed by atoms with van der Waals surface area (Å²) in [6.45, 7) is 1.74. The third-order valence-electron chi connectivity index (χ3n) is 6.43. The first-order valence-corrected chi connectivity index (χ1v) is 13.7. The van der Waals surface area contributed by atoms with Crippen LogP contribution in [0.15, 0.2) is 84.0 Å². The summed E-state index contributed by atoms with van der Waals surface area (Å²) >= 11 is 6.22. The van der Waals surface area contributed by atoms with Crippen LogP contribution in [-0.4, -0.2) is 25.4 Å². The van der Waals surface area contributed by atoms with E-state index in [2.05, 4.69) is 10.3 Å². The molecule has 38 heavy (non-hydrogen) atoms. The van der Waals surface area contributed by atoms with Gasteiger partial charge < -0.3 is 10.1 Å². The van der Waals surface area contributed by atoms with E-state index in [1.165, 1.54) is 12.1 Å². The highest BCUT2D eigenvalue weighted by Gasteiger charge is 2.43. The van der Waals surface area contributed by atoms with Crippen LogP contribution in [0.2, 0.25) is 5.02 Å². The minimum absolute atomic E-state index is 0.0193. The number of rotatable bonds is 7. The summed E-state index contributed by atoms with van der Waals surface area (Å²) in [7, 11) is -4.01. The summed E-state index contributed by atoms with van der Waals surface area (Å²) in [6.07, 6.45) is 2.97. The maximum atomic E-state index is 12.8. The first-order valence-electron chi connectivity index (χ1n) is 11.9. The first kappa shape index (κ1) is 25.7. The molecule has 0 spiro atoms. The Labute approximate surface area is 225 Å². The fourth-order valence-corrected chi connectivity index (χ4v) is 5.33. The highest BCUT2D eigenvalue weighted by Crippen LogP contribution is 2.48. The monoisotopic (exact) mass is 549 g/mol. The van der Waals surface area contributed by atoms with E-state index in [1.54, 1.807) is 36.7 Å². The molecule has 8 nitrogen and oxygen atoms in total. The van der Waals surface area contributed by atoms with E-state index >= 15 is 0 Å². The summed E-state index contributed by atoms with van der Waals surface area (Å²) in [5.74, 6) is -0.0990. The largest absolute Gasteiger partial charge is 0.444 e. The van der Waals surface area contributed by atoms with Gasteiger partial charge in [-0.1, -0.05) is 59.6 Å². The quantitative estimate of drug-likeness (QED) is 0.312. The third kappa shape index (κ3) is 5.79. The van der Waals surface area contributed by atoms with Gasteiger partial charge in [0.25, 0.3) is 10.0 Å². The molecule has 1 aromatic heterocycles. The van der Waals surface area contributed by atoms with Gasteiger partial charge in [-0.25, -0.2) is 17.9 Å². The van der Waals surface area contributed by atoms with Crippen LogP contribution in [0.1, 0.15) is 29.0 Å². The van der Waals surface area contributed by atoms with Gasteiger partial charge in [0.05, 0.1) is 9.92 Å². The molecule has 1 aliphatic rings. The fraction of sp³-hybridized carbons (Fsp3) is 0.179. The van der Waals surface area contributed by atoms with Gasteiger partial charge in [0.2, 0.25) is 5.91 Å². The summed E-state index contributed by atoms with van der Waals surface area (Å²) < 4.78 is 31.6. The lowest BCUT2D eigenvalue weighted by molar-refractivity contribution is -0.117. The molecule has 1 fully saturated rings. The van der Waals surface area contributed by atoms with Crippen LogP contribution >= 0.6 is 11.6 Å². The molecule has 1 heterocycles. The van der Waals surface area contributed by atoms with Crippen molar-refractivity contribution >= 4 is 50.1 Å². The van der Waals surface area contributed by atoms with Crippen molar-refractivity contribution in [2.45, 2.75) is 30.8 Å². The van der Waals surface area contributed by atoms with Crippen LogP contribution < -0.4 is 10.0 Å². The highest BCUT2D eigenvalue weighted by atomic mass is 35.5. The number of aryl methyl sites for hydroxylation is 1. The molecule has 1 aliphatic carbocycles. The lowest BCUT2D eigenvalue weighted by atomic mass is 10.1. The van der Waals surface area contributed by atoms with Crippen molar-refractivity contribution in [1.82, 2.24) is 9.71 Å². The molecule has 2 atom stereocenters. The number of hydrogen-bond acceptors (Lipinski definition) is 6. The van der Waals surface area contributed by atoms with Gasteiger partial charge >= 0.3 is 6.09 Å². The molecule has 1 saturated carbocycles. The Hall–Kier alpha value is -3.95. The lowest BCUT2D eigenvalue weighted by Crippen LogP contribution is -2.31. The Balaban J connectivity index is 1.13. The average molecular weight is 550 g/mol. The van der Waals surface area contributed by atoms with Crippen molar-refractivity contribution in [1.29, 1.82) is 0 Å². The van der Waals surface area contributed by atoms with Crippen LogP contribution in [0.3, 0.4) is 0 Å². The second-order valence-corrected chi connectivity index (χ2v) is 11.3. The van der Waals surface area contributed by atoms with Crippen LogP contribution in [0, 0.1) is 12.8 Å². The summed E-state index contributed by atoms with van der Waals surface area (Å²) in [4.78, 5) is 28.9. The number of ether oxygens (including phenoxy) is 1. The van der Waals surface area contributed by atoms with Gasteiger partial charge in [0.15, 0.2) is 0 Å². The number of sulfonamides is 1. The predicted octanol–water partition coefficient (Wildman–Crippen LogP) is 5.55. The minimum Gasteiger partial charge on any atom is -0.444 e. The van der Waals surface area contributed by atoms with Gasteiger partial charge in [-0.3, -0.25) is 9.78 Å². The number of nitrogens with zero attached hydrogens (tertiary/aromatic N) is 1. The molecule has 194 valence electrons. The molecule has 0 aliphatic heterocycles. The molecular formula is C28H24ClN3O5S. The van der Waals surface area contributed by atoms with Gasteiger partial charge in [-0.2, -0.15) is 0 Å². The summed E-state index contributed by atoms with van der Waals surface area (Å²) in [6, 6.07) is 19.0. The number of hydrogen-bond donors (Lipinski definition) is 2. The summed E-state index contributed by atoms with van der Waals surface area (Å²) in [5.41, 5.74) is 3.28. The molecule has 4 aromatic rings. The van der Waals surface area contributed by atoms with E-state index in [4.69, 9.17) is 16.3 Å². The number of anilines is 1. The van der Waals surface area contributed by atoms with Crippen LogP contribution in [0.5, 0.6) is 0 Å². The molecule has 0 unspecified atom stereocenters. The van der Waals surface area contributed by atoms with Crippen molar-refractivity contribution in [2.75, 3.05) is 5.32 Å². The molecule has 10 heteroatoms. The van der Waals surface area contributed by atoms with E-state index in [1.807, 2.05) is 42.0 Å². The van der Waals surface area contributed by atoms with Crippen LogP contribution in [0.25, 0.3) is 10.8 Å². The van der Waals surface area contributed by atoms with E-state index in [-0.39, 0.29) is 29.2 Å². The first-order chi connectivity index (χ1) is 18.2. The molecule has 3 aromatic carbocycles. The van der Waals surface area contributed by atoms with Crippen molar-refractivity contribution in [3.63, 3.8) is 0 Å². The molecular weight excluding hydrogens is 526 g/mol. The molecule has 0 bridgehead atoms. The number of halogens is 1. The zero-order chi connectivity index (χ0) is 26.9. The topological polar surface area (TPSA) is 114 Å². The van der Waals surface area contributed by atoms with Crippen molar-refractivity contribution < 1.29 is 22.7 Å². The van der Waals surface area contributed by atoms with Crippen LogP contribution in [-0.2, 0) is 26.2 Å². The van der Waals surface area contributed by atoms with Gasteiger partial charge in [-0.05, 0) is 54.7 Å². The van der Waals surface area contributed by atoms with Crippen molar-refractivity contribution in [2.24, 2.45) is 5.92 Å². The number of fused-ring (bicyclic) bond motifs is 1. The maximum Gasteiger partial charge on any atom is 0.421 e.